The molecule has 2 rings (SSSR count). The number of aliphatic hydroxyl groups is 1. The maximum Gasteiger partial charge on any atom is 0.230 e. The molecule has 86 valence electrons. The lowest BCUT2D eigenvalue weighted by Crippen LogP contribution is -2.54. The van der Waals surface area contributed by atoms with Crippen LogP contribution >= 0.6 is 0 Å². The van der Waals surface area contributed by atoms with Gasteiger partial charge in [-0.05, 0) is 18.6 Å². The molecule has 0 saturated carbocycles. The molecule has 1 heterocycles. The SMILES string of the molecule is CC(C(=O)N1CC(O)C1)c1ccccc1F. The Labute approximate surface area is 93.5 Å². The first-order chi connectivity index (χ1) is 7.59. The first-order valence-corrected chi connectivity index (χ1v) is 5.31. The second kappa shape index (κ2) is 4.22. The fourth-order valence-corrected chi connectivity index (χ4v) is 1.87. The van der Waals surface area contributed by atoms with E-state index in [0.717, 1.165) is 0 Å². The predicted octanol–water partition coefficient (Wildman–Crippen LogP) is 1.13. The van der Waals surface area contributed by atoms with Crippen LogP contribution in [-0.4, -0.2) is 35.1 Å². The van der Waals surface area contributed by atoms with Crippen molar-refractivity contribution in [3.8, 4) is 0 Å². The average Bonchev–Trinajstić information content (AvgIpc) is 2.24. The van der Waals surface area contributed by atoms with Crippen molar-refractivity contribution in [3.05, 3.63) is 35.6 Å². The third-order valence-electron chi connectivity index (χ3n) is 2.92. The lowest BCUT2D eigenvalue weighted by Gasteiger charge is -2.37. The zero-order chi connectivity index (χ0) is 11.7. The van der Waals surface area contributed by atoms with E-state index in [1.807, 2.05) is 0 Å². The van der Waals surface area contributed by atoms with Crippen LogP contribution in [0.5, 0.6) is 0 Å². The van der Waals surface area contributed by atoms with E-state index in [9.17, 15) is 9.18 Å². The third-order valence-corrected chi connectivity index (χ3v) is 2.92. The number of aliphatic hydroxyl groups excluding tert-OH is 1. The highest BCUT2D eigenvalue weighted by Crippen LogP contribution is 2.23. The molecule has 1 aliphatic heterocycles. The van der Waals surface area contributed by atoms with Crippen molar-refractivity contribution in [1.82, 2.24) is 4.90 Å². The molecular weight excluding hydrogens is 209 g/mol. The highest BCUT2D eigenvalue weighted by molar-refractivity contribution is 5.84. The molecule has 1 atom stereocenters. The first kappa shape index (κ1) is 11.1. The summed E-state index contributed by atoms with van der Waals surface area (Å²) >= 11 is 0. The molecule has 0 aliphatic carbocycles. The lowest BCUT2D eigenvalue weighted by atomic mass is 9.97. The van der Waals surface area contributed by atoms with Crippen LogP contribution in [0.15, 0.2) is 24.3 Å². The summed E-state index contributed by atoms with van der Waals surface area (Å²) in [5.41, 5.74) is 0.411. The number of amides is 1. The Morgan fingerprint density at radius 3 is 2.69 bits per heavy atom. The number of carbonyl (C=O) groups excluding carboxylic acids is 1. The minimum Gasteiger partial charge on any atom is -0.389 e. The molecule has 16 heavy (non-hydrogen) atoms. The molecule has 0 radical (unpaired) electrons. The van der Waals surface area contributed by atoms with Gasteiger partial charge in [0, 0.05) is 13.1 Å². The van der Waals surface area contributed by atoms with Crippen LogP contribution in [0.25, 0.3) is 0 Å². The smallest absolute Gasteiger partial charge is 0.230 e. The van der Waals surface area contributed by atoms with E-state index < -0.39 is 12.0 Å². The molecule has 3 nitrogen and oxygen atoms in total. The molecule has 4 heteroatoms. The van der Waals surface area contributed by atoms with Crippen LogP contribution < -0.4 is 0 Å². The largest absolute Gasteiger partial charge is 0.389 e. The van der Waals surface area contributed by atoms with Crippen molar-refractivity contribution in [1.29, 1.82) is 0 Å². The number of nitrogens with zero attached hydrogens (tertiary/aromatic N) is 1. The summed E-state index contributed by atoms with van der Waals surface area (Å²) in [4.78, 5) is 13.4. The Morgan fingerprint density at radius 1 is 1.50 bits per heavy atom. The van der Waals surface area contributed by atoms with Gasteiger partial charge in [0.2, 0.25) is 5.91 Å². The minimum atomic E-state index is -0.492. The fraction of sp³-hybridized carbons (Fsp3) is 0.417. The van der Waals surface area contributed by atoms with Gasteiger partial charge < -0.3 is 10.0 Å². The quantitative estimate of drug-likeness (QED) is 0.816. The third kappa shape index (κ3) is 1.93. The zero-order valence-corrected chi connectivity index (χ0v) is 9.06. The van der Waals surface area contributed by atoms with Crippen molar-refractivity contribution in [2.45, 2.75) is 18.9 Å². The van der Waals surface area contributed by atoms with Gasteiger partial charge in [-0.1, -0.05) is 18.2 Å². The van der Waals surface area contributed by atoms with Crippen LogP contribution in [-0.2, 0) is 4.79 Å². The molecule has 0 spiro atoms. The molecule has 1 saturated heterocycles. The van der Waals surface area contributed by atoms with E-state index >= 15 is 0 Å². The Morgan fingerprint density at radius 2 is 2.12 bits per heavy atom. The predicted molar refractivity (Wildman–Crippen MR) is 57.4 cm³/mol. The second-order valence-electron chi connectivity index (χ2n) is 4.14. The highest BCUT2D eigenvalue weighted by Gasteiger charge is 2.32. The van der Waals surface area contributed by atoms with Gasteiger partial charge in [0.1, 0.15) is 5.82 Å². The molecule has 1 aromatic rings. The van der Waals surface area contributed by atoms with Gasteiger partial charge in [0.25, 0.3) is 0 Å². The van der Waals surface area contributed by atoms with Crippen molar-refractivity contribution in [2.75, 3.05) is 13.1 Å². The van der Waals surface area contributed by atoms with Gasteiger partial charge in [-0.3, -0.25) is 4.79 Å². The summed E-state index contributed by atoms with van der Waals surface area (Å²) in [5.74, 6) is -0.978. The topological polar surface area (TPSA) is 40.5 Å². The van der Waals surface area contributed by atoms with E-state index in [4.69, 9.17) is 5.11 Å². The van der Waals surface area contributed by atoms with Gasteiger partial charge in [-0.15, -0.1) is 0 Å². The summed E-state index contributed by atoms with van der Waals surface area (Å²) < 4.78 is 13.4. The summed E-state index contributed by atoms with van der Waals surface area (Å²) in [6.07, 6.45) is -0.420. The van der Waals surface area contributed by atoms with Crippen molar-refractivity contribution >= 4 is 5.91 Å². The number of halogens is 1. The maximum atomic E-state index is 13.4. The van der Waals surface area contributed by atoms with Crippen LogP contribution in [0.2, 0.25) is 0 Å². The molecule has 1 aliphatic rings. The molecule has 1 amide bonds. The number of hydrogen-bond acceptors (Lipinski definition) is 2. The molecule has 1 aromatic carbocycles. The van der Waals surface area contributed by atoms with Crippen molar-refractivity contribution < 1.29 is 14.3 Å². The summed E-state index contributed by atoms with van der Waals surface area (Å²) in [6, 6.07) is 6.29. The van der Waals surface area contributed by atoms with Gasteiger partial charge in [-0.2, -0.15) is 0 Å². The van der Waals surface area contributed by atoms with E-state index in [1.54, 1.807) is 30.0 Å². The van der Waals surface area contributed by atoms with E-state index in [2.05, 4.69) is 0 Å². The van der Waals surface area contributed by atoms with Crippen LogP contribution in [0.1, 0.15) is 18.4 Å². The van der Waals surface area contributed by atoms with E-state index in [0.29, 0.717) is 18.7 Å². The van der Waals surface area contributed by atoms with Gasteiger partial charge in [0.05, 0.1) is 12.0 Å². The maximum absolute atomic E-state index is 13.4. The Hall–Kier alpha value is -1.42. The van der Waals surface area contributed by atoms with Crippen LogP contribution in [0.4, 0.5) is 4.39 Å². The van der Waals surface area contributed by atoms with Crippen LogP contribution in [0.3, 0.4) is 0 Å². The number of hydrogen-bond donors (Lipinski definition) is 1. The molecule has 1 unspecified atom stereocenters. The second-order valence-corrected chi connectivity index (χ2v) is 4.14. The number of benzene rings is 1. The first-order valence-electron chi connectivity index (χ1n) is 5.31. The molecule has 0 bridgehead atoms. The van der Waals surface area contributed by atoms with E-state index in [-0.39, 0.29) is 11.7 Å². The Kier molecular flexibility index (Phi) is 2.92. The highest BCUT2D eigenvalue weighted by atomic mass is 19.1. The average molecular weight is 223 g/mol. The fourth-order valence-electron chi connectivity index (χ4n) is 1.87. The lowest BCUT2D eigenvalue weighted by molar-refractivity contribution is -0.142. The Balaban J connectivity index is 2.10. The number of rotatable bonds is 2. The monoisotopic (exact) mass is 223 g/mol. The number of likely N-dealkylation sites (tertiary alicyclic amines) is 1. The summed E-state index contributed by atoms with van der Waals surface area (Å²) in [6.45, 7) is 2.40. The summed E-state index contributed by atoms with van der Waals surface area (Å²) in [5, 5.41) is 9.11. The van der Waals surface area contributed by atoms with Gasteiger partial charge in [-0.25, -0.2) is 4.39 Å². The number of β-amino-alcohol motifs (C(OH)–C–C–N with tert-alkyl or cyclic N) is 1. The Bertz CT molecular complexity index is 402. The minimum absolute atomic E-state index is 0.129. The van der Waals surface area contributed by atoms with Gasteiger partial charge >= 0.3 is 0 Å². The molecule has 0 aromatic heterocycles. The van der Waals surface area contributed by atoms with Crippen molar-refractivity contribution in [3.63, 3.8) is 0 Å². The van der Waals surface area contributed by atoms with E-state index in [1.165, 1.54) is 6.07 Å². The van der Waals surface area contributed by atoms with Crippen LogP contribution in [0, 0.1) is 5.82 Å². The molecule has 1 N–H and O–H groups in total. The summed E-state index contributed by atoms with van der Waals surface area (Å²) in [7, 11) is 0. The number of carbonyl (C=O) groups is 1. The molecular formula is C12H14FNO2. The van der Waals surface area contributed by atoms with Crippen molar-refractivity contribution in [2.24, 2.45) is 0 Å². The zero-order valence-electron chi connectivity index (χ0n) is 9.06. The normalized spacial score (nSPS) is 18.1. The standard InChI is InChI=1S/C12H14FNO2/c1-8(10-4-2-3-5-11(10)13)12(16)14-6-9(15)7-14/h2-5,8-9,15H,6-7H2,1H3. The molecule has 1 fully saturated rings. The van der Waals surface area contributed by atoms with Gasteiger partial charge in [0.15, 0.2) is 0 Å².